The zero-order chi connectivity index (χ0) is 13.3. The van der Waals surface area contributed by atoms with E-state index in [4.69, 9.17) is 0 Å². The Kier molecular flexibility index (Phi) is 3.79. The van der Waals surface area contributed by atoms with Gasteiger partial charge >= 0.3 is 0 Å². The van der Waals surface area contributed by atoms with Gasteiger partial charge in [-0.2, -0.15) is 0 Å². The lowest BCUT2D eigenvalue weighted by molar-refractivity contribution is 0.0871. The third-order valence-electron chi connectivity index (χ3n) is 3.90. The Labute approximate surface area is 106 Å². The second-order valence-electron chi connectivity index (χ2n) is 5.40. The predicted molar refractivity (Wildman–Crippen MR) is 66.5 cm³/mol. The van der Waals surface area contributed by atoms with E-state index in [9.17, 15) is 13.6 Å². The molecule has 0 spiro atoms. The standard InChI is InChI=1S/C15H18F2O/c1-9-3-5-11(6-4-9)15(18)12-8-13(16)10(2)7-14(12)17/h7-9,11H,3-6H2,1-2H3. The molecule has 0 radical (unpaired) electrons. The Hall–Kier alpha value is -1.25. The molecule has 0 aromatic heterocycles. The van der Waals surface area contributed by atoms with Crippen LogP contribution < -0.4 is 0 Å². The van der Waals surface area contributed by atoms with Gasteiger partial charge in [-0.15, -0.1) is 0 Å². The molecule has 0 aliphatic heterocycles. The van der Waals surface area contributed by atoms with Crippen LogP contribution >= 0.6 is 0 Å². The molecule has 18 heavy (non-hydrogen) atoms. The summed E-state index contributed by atoms with van der Waals surface area (Å²) >= 11 is 0. The molecule has 1 aromatic carbocycles. The highest BCUT2D eigenvalue weighted by Crippen LogP contribution is 2.31. The van der Waals surface area contributed by atoms with Gasteiger partial charge in [0.15, 0.2) is 5.78 Å². The third-order valence-corrected chi connectivity index (χ3v) is 3.90. The third kappa shape index (κ3) is 2.60. The van der Waals surface area contributed by atoms with E-state index in [0.29, 0.717) is 5.92 Å². The monoisotopic (exact) mass is 252 g/mol. The lowest BCUT2D eigenvalue weighted by atomic mass is 9.79. The number of hydrogen-bond donors (Lipinski definition) is 0. The highest BCUT2D eigenvalue weighted by atomic mass is 19.1. The van der Waals surface area contributed by atoms with Crippen molar-refractivity contribution < 1.29 is 13.6 Å². The van der Waals surface area contributed by atoms with Crippen LogP contribution in [-0.2, 0) is 0 Å². The van der Waals surface area contributed by atoms with Gasteiger partial charge in [0.25, 0.3) is 0 Å². The maximum Gasteiger partial charge on any atom is 0.168 e. The molecule has 0 saturated heterocycles. The van der Waals surface area contributed by atoms with Crippen LogP contribution in [-0.4, -0.2) is 5.78 Å². The lowest BCUT2D eigenvalue weighted by Crippen LogP contribution is -2.22. The SMILES string of the molecule is Cc1cc(F)c(C(=O)C2CCC(C)CC2)cc1F. The van der Waals surface area contributed by atoms with Gasteiger partial charge in [-0.1, -0.05) is 19.8 Å². The van der Waals surface area contributed by atoms with Gasteiger partial charge < -0.3 is 0 Å². The molecule has 1 nitrogen and oxygen atoms in total. The van der Waals surface area contributed by atoms with Crippen molar-refractivity contribution in [2.45, 2.75) is 39.5 Å². The Morgan fingerprint density at radius 1 is 1.11 bits per heavy atom. The Morgan fingerprint density at radius 3 is 2.33 bits per heavy atom. The van der Waals surface area contributed by atoms with E-state index in [-0.39, 0.29) is 22.8 Å². The second-order valence-corrected chi connectivity index (χ2v) is 5.40. The van der Waals surface area contributed by atoms with Gasteiger partial charge in [-0.05, 0) is 43.4 Å². The number of aryl methyl sites for hydroxylation is 1. The summed E-state index contributed by atoms with van der Waals surface area (Å²) in [6.45, 7) is 3.65. The van der Waals surface area contributed by atoms with Crippen molar-refractivity contribution in [1.82, 2.24) is 0 Å². The quantitative estimate of drug-likeness (QED) is 0.718. The van der Waals surface area contributed by atoms with E-state index < -0.39 is 11.6 Å². The molecule has 98 valence electrons. The molecule has 1 saturated carbocycles. The predicted octanol–water partition coefficient (Wildman–Crippen LogP) is 4.28. The first kappa shape index (κ1) is 13.2. The second kappa shape index (κ2) is 5.17. The number of ketones is 1. The molecule has 0 heterocycles. The fraction of sp³-hybridized carbons (Fsp3) is 0.533. The molecular weight excluding hydrogens is 234 g/mol. The highest BCUT2D eigenvalue weighted by molar-refractivity contribution is 5.98. The van der Waals surface area contributed by atoms with E-state index in [1.165, 1.54) is 6.92 Å². The normalized spacial score (nSPS) is 24.0. The number of benzene rings is 1. The molecule has 3 heteroatoms. The molecule has 0 N–H and O–H groups in total. The molecular formula is C15H18F2O. The van der Waals surface area contributed by atoms with Gasteiger partial charge in [-0.25, -0.2) is 8.78 Å². The molecule has 1 aliphatic carbocycles. The van der Waals surface area contributed by atoms with E-state index in [2.05, 4.69) is 6.92 Å². The number of hydrogen-bond acceptors (Lipinski definition) is 1. The topological polar surface area (TPSA) is 17.1 Å². The van der Waals surface area contributed by atoms with Crippen LogP contribution in [0.2, 0.25) is 0 Å². The summed E-state index contributed by atoms with van der Waals surface area (Å²) in [6.07, 6.45) is 3.56. The lowest BCUT2D eigenvalue weighted by Gasteiger charge is -2.25. The summed E-state index contributed by atoms with van der Waals surface area (Å²) in [4.78, 5) is 12.2. The Balaban J connectivity index is 2.21. The summed E-state index contributed by atoms with van der Waals surface area (Å²) in [7, 11) is 0. The summed E-state index contributed by atoms with van der Waals surface area (Å²) in [5, 5.41) is 0. The molecule has 1 fully saturated rings. The minimum Gasteiger partial charge on any atom is -0.294 e. The summed E-state index contributed by atoms with van der Waals surface area (Å²) < 4.78 is 27.2. The fourth-order valence-corrected chi connectivity index (χ4v) is 2.58. The van der Waals surface area contributed by atoms with E-state index in [1.54, 1.807) is 0 Å². The van der Waals surface area contributed by atoms with Crippen LogP contribution in [0, 0.1) is 30.4 Å². The Morgan fingerprint density at radius 2 is 1.72 bits per heavy atom. The number of rotatable bonds is 2. The first-order valence-electron chi connectivity index (χ1n) is 6.49. The summed E-state index contributed by atoms with van der Waals surface area (Å²) in [5.41, 5.74) is 0.152. The largest absolute Gasteiger partial charge is 0.294 e. The molecule has 0 bridgehead atoms. The van der Waals surface area contributed by atoms with E-state index in [1.807, 2.05) is 0 Å². The van der Waals surface area contributed by atoms with Crippen molar-refractivity contribution in [1.29, 1.82) is 0 Å². The summed E-state index contributed by atoms with van der Waals surface area (Å²) in [5.74, 6) is -0.855. The Bertz CT molecular complexity index is 460. The number of Topliss-reactive ketones (excluding diaryl/α,β-unsaturated/α-hetero) is 1. The molecule has 0 amide bonds. The van der Waals surface area contributed by atoms with Crippen LogP contribution in [0.5, 0.6) is 0 Å². The van der Waals surface area contributed by atoms with Crippen LogP contribution in [0.15, 0.2) is 12.1 Å². The first-order valence-corrected chi connectivity index (χ1v) is 6.49. The zero-order valence-corrected chi connectivity index (χ0v) is 10.8. The minimum atomic E-state index is -0.600. The molecule has 0 atom stereocenters. The van der Waals surface area contributed by atoms with Crippen molar-refractivity contribution in [2.24, 2.45) is 11.8 Å². The van der Waals surface area contributed by atoms with Gasteiger partial charge in [-0.3, -0.25) is 4.79 Å². The average Bonchev–Trinajstić information content (AvgIpc) is 2.34. The molecule has 0 unspecified atom stereocenters. The molecule has 1 aromatic rings. The van der Waals surface area contributed by atoms with Crippen LogP contribution in [0.1, 0.15) is 48.5 Å². The zero-order valence-electron chi connectivity index (χ0n) is 10.8. The minimum absolute atomic E-state index is 0.0855. The highest BCUT2D eigenvalue weighted by Gasteiger charge is 2.27. The van der Waals surface area contributed by atoms with Crippen LogP contribution in [0.3, 0.4) is 0 Å². The molecule has 2 rings (SSSR count). The van der Waals surface area contributed by atoms with Gasteiger partial charge in [0.2, 0.25) is 0 Å². The van der Waals surface area contributed by atoms with Crippen molar-refractivity contribution >= 4 is 5.78 Å². The van der Waals surface area contributed by atoms with Crippen molar-refractivity contribution in [3.63, 3.8) is 0 Å². The maximum atomic E-state index is 13.7. The fourth-order valence-electron chi connectivity index (χ4n) is 2.58. The smallest absolute Gasteiger partial charge is 0.168 e. The van der Waals surface area contributed by atoms with Crippen molar-refractivity contribution in [3.05, 3.63) is 34.9 Å². The number of carbonyl (C=O) groups excluding carboxylic acids is 1. The molecule has 1 aliphatic rings. The van der Waals surface area contributed by atoms with Crippen molar-refractivity contribution in [3.8, 4) is 0 Å². The summed E-state index contributed by atoms with van der Waals surface area (Å²) in [6, 6.07) is 2.15. The van der Waals surface area contributed by atoms with Gasteiger partial charge in [0.1, 0.15) is 11.6 Å². The first-order chi connectivity index (χ1) is 8.49. The maximum absolute atomic E-state index is 13.7. The van der Waals surface area contributed by atoms with E-state index >= 15 is 0 Å². The van der Waals surface area contributed by atoms with Crippen molar-refractivity contribution in [2.75, 3.05) is 0 Å². The number of carbonyl (C=O) groups is 1. The average molecular weight is 252 g/mol. The number of halogens is 2. The van der Waals surface area contributed by atoms with Gasteiger partial charge in [0.05, 0.1) is 5.56 Å². The van der Waals surface area contributed by atoms with Crippen LogP contribution in [0.25, 0.3) is 0 Å². The van der Waals surface area contributed by atoms with Crippen LogP contribution in [0.4, 0.5) is 8.78 Å². The van der Waals surface area contributed by atoms with E-state index in [0.717, 1.165) is 37.8 Å². The van der Waals surface area contributed by atoms with Gasteiger partial charge in [0, 0.05) is 5.92 Å².